The summed E-state index contributed by atoms with van der Waals surface area (Å²) in [5.74, 6) is 0.355. The van der Waals surface area contributed by atoms with Gasteiger partial charge in [0.15, 0.2) is 0 Å². The van der Waals surface area contributed by atoms with Crippen molar-refractivity contribution >= 4 is 17.4 Å². The fraction of sp³-hybridized carbons (Fsp3) is 0.214. The van der Waals surface area contributed by atoms with Gasteiger partial charge in [-0.05, 0) is 32.0 Å². The molecule has 0 fully saturated rings. The predicted molar refractivity (Wildman–Crippen MR) is 72.7 cm³/mol. The van der Waals surface area contributed by atoms with E-state index in [0.717, 1.165) is 0 Å². The number of pyridine rings is 2. The third kappa shape index (κ3) is 3.51. The summed E-state index contributed by atoms with van der Waals surface area (Å²) in [6, 6.07) is 4.87. The Morgan fingerprint density at radius 2 is 2.05 bits per heavy atom. The van der Waals surface area contributed by atoms with E-state index in [0.29, 0.717) is 22.0 Å². The molecule has 0 aliphatic heterocycles. The maximum absolute atomic E-state index is 12.2. The molecule has 0 unspecified atom stereocenters. The second kappa shape index (κ2) is 5.80. The Hall–Kier alpha value is -1.94. The predicted octanol–water partition coefficient (Wildman–Crippen LogP) is 3.15. The van der Waals surface area contributed by atoms with E-state index in [1.807, 2.05) is 13.8 Å². The van der Waals surface area contributed by atoms with Gasteiger partial charge in [0, 0.05) is 18.0 Å². The summed E-state index contributed by atoms with van der Waals surface area (Å²) >= 11 is 5.74. The highest BCUT2D eigenvalue weighted by molar-refractivity contribution is 6.30. The first-order valence-corrected chi connectivity index (χ1v) is 6.22. The number of aromatic nitrogens is 2. The van der Waals surface area contributed by atoms with Crippen molar-refractivity contribution in [3.8, 4) is 5.75 Å². The third-order valence-electron chi connectivity index (χ3n) is 2.31. The Bertz CT molecular complexity index is 582. The van der Waals surface area contributed by atoms with Gasteiger partial charge < -0.3 is 4.74 Å². The van der Waals surface area contributed by atoms with Crippen LogP contribution in [0.25, 0.3) is 0 Å². The minimum Gasteiger partial charge on any atom is -0.489 e. The second-order valence-corrected chi connectivity index (χ2v) is 4.70. The van der Waals surface area contributed by atoms with Crippen LogP contribution >= 0.6 is 11.6 Å². The van der Waals surface area contributed by atoms with Gasteiger partial charge in [-0.25, -0.2) is 0 Å². The number of carbonyl (C=O) groups excluding carboxylic acids is 1. The summed E-state index contributed by atoms with van der Waals surface area (Å²) < 4.78 is 5.50. The molecule has 2 rings (SSSR count). The number of hydrogen-bond acceptors (Lipinski definition) is 4. The summed E-state index contributed by atoms with van der Waals surface area (Å²) in [5, 5.41) is 0.492. The zero-order chi connectivity index (χ0) is 13.8. The molecule has 19 heavy (non-hydrogen) atoms. The lowest BCUT2D eigenvalue weighted by molar-refractivity contribution is 0.103. The lowest BCUT2D eigenvalue weighted by Gasteiger charge is -2.09. The minimum atomic E-state index is -0.210. The molecule has 0 spiro atoms. The van der Waals surface area contributed by atoms with Crippen LogP contribution in [0.2, 0.25) is 5.02 Å². The van der Waals surface area contributed by atoms with Crippen LogP contribution < -0.4 is 4.74 Å². The van der Waals surface area contributed by atoms with Crippen LogP contribution in [0.3, 0.4) is 0 Å². The molecule has 2 heterocycles. The largest absolute Gasteiger partial charge is 0.489 e. The van der Waals surface area contributed by atoms with E-state index in [-0.39, 0.29) is 11.9 Å². The van der Waals surface area contributed by atoms with Crippen LogP contribution in [-0.2, 0) is 0 Å². The molecule has 0 amide bonds. The monoisotopic (exact) mass is 276 g/mol. The zero-order valence-corrected chi connectivity index (χ0v) is 11.4. The van der Waals surface area contributed by atoms with Gasteiger partial charge in [0.05, 0.1) is 17.3 Å². The summed E-state index contributed by atoms with van der Waals surface area (Å²) in [6.07, 6.45) is 4.54. The Morgan fingerprint density at radius 3 is 2.68 bits per heavy atom. The van der Waals surface area contributed by atoms with E-state index in [1.165, 1.54) is 12.4 Å². The number of halogens is 1. The van der Waals surface area contributed by atoms with Crippen molar-refractivity contribution < 1.29 is 9.53 Å². The molecule has 0 aromatic carbocycles. The topological polar surface area (TPSA) is 52.1 Å². The van der Waals surface area contributed by atoms with E-state index in [4.69, 9.17) is 16.3 Å². The van der Waals surface area contributed by atoms with Crippen LogP contribution in [0.5, 0.6) is 5.75 Å². The van der Waals surface area contributed by atoms with Crippen LogP contribution in [0.4, 0.5) is 0 Å². The first kappa shape index (κ1) is 13.5. The van der Waals surface area contributed by atoms with Crippen molar-refractivity contribution in [3.63, 3.8) is 0 Å². The van der Waals surface area contributed by atoms with Gasteiger partial charge >= 0.3 is 0 Å². The van der Waals surface area contributed by atoms with Gasteiger partial charge in [0.2, 0.25) is 5.78 Å². The van der Waals surface area contributed by atoms with Crippen LogP contribution in [0, 0.1) is 0 Å². The zero-order valence-electron chi connectivity index (χ0n) is 10.6. The molecule has 5 heteroatoms. The summed E-state index contributed by atoms with van der Waals surface area (Å²) in [4.78, 5) is 20.2. The molecule has 0 bridgehead atoms. The van der Waals surface area contributed by atoms with Crippen molar-refractivity contribution in [1.82, 2.24) is 9.97 Å². The van der Waals surface area contributed by atoms with Gasteiger partial charge in [-0.15, -0.1) is 0 Å². The lowest BCUT2D eigenvalue weighted by Crippen LogP contribution is -2.08. The SMILES string of the molecule is CC(C)Oc1cncc(C(=O)c2ccc(Cl)cn2)c1. The van der Waals surface area contributed by atoms with Gasteiger partial charge in [-0.2, -0.15) is 0 Å². The van der Waals surface area contributed by atoms with Crippen molar-refractivity contribution in [2.24, 2.45) is 0 Å². The molecule has 0 N–H and O–H groups in total. The van der Waals surface area contributed by atoms with Crippen molar-refractivity contribution in [2.75, 3.05) is 0 Å². The average Bonchev–Trinajstić information content (AvgIpc) is 2.38. The van der Waals surface area contributed by atoms with Crippen LogP contribution in [0.1, 0.15) is 29.9 Å². The molecule has 2 aromatic rings. The van der Waals surface area contributed by atoms with Crippen LogP contribution in [0.15, 0.2) is 36.8 Å². The van der Waals surface area contributed by atoms with E-state index >= 15 is 0 Å². The number of carbonyl (C=O) groups is 1. The first-order chi connectivity index (χ1) is 9.06. The highest BCUT2D eigenvalue weighted by atomic mass is 35.5. The van der Waals surface area contributed by atoms with E-state index < -0.39 is 0 Å². The highest BCUT2D eigenvalue weighted by Gasteiger charge is 2.12. The number of nitrogens with zero attached hydrogens (tertiary/aromatic N) is 2. The summed E-state index contributed by atoms with van der Waals surface area (Å²) in [6.45, 7) is 3.82. The molecule has 0 radical (unpaired) electrons. The molecular weight excluding hydrogens is 264 g/mol. The highest BCUT2D eigenvalue weighted by Crippen LogP contribution is 2.16. The second-order valence-electron chi connectivity index (χ2n) is 4.27. The minimum absolute atomic E-state index is 0.0285. The summed E-state index contributed by atoms with van der Waals surface area (Å²) in [5.41, 5.74) is 0.765. The lowest BCUT2D eigenvalue weighted by atomic mass is 10.1. The van der Waals surface area contributed by atoms with Crippen molar-refractivity contribution in [2.45, 2.75) is 20.0 Å². The average molecular weight is 277 g/mol. The third-order valence-corrected chi connectivity index (χ3v) is 2.53. The molecule has 2 aromatic heterocycles. The maximum Gasteiger partial charge on any atom is 0.213 e. The van der Waals surface area contributed by atoms with Crippen molar-refractivity contribution in [1.29, 1.82) is 0 Å². The van der Waals surface area contributed by atoms with E-state index in [9.17, 15) is 4.79 Å². The van der Waals surface area contributed by atoms with Gasteiger partial charge in [-0.1, -0.05) is 11.6 Å². The molecule has 0 saturated carbocycles. The Kier molecular flexibility index (Phi) is 4.12. The maximum atomic E-state index is 12.2. The molecular formula is C14H13ClN2O2. The summed E-state index contributed by atoms with van der Waals surface area (Å²) in [7, 11) is 0. The fourth-order valence-corrected chi connectivity index (χ4v) is 1.65. The molecule has 4 nitrogen and oxygen atoms in total. The van der Waals surface area contributed by atoms with Crippen LogP contribution in [-0.4, -0.2) is 21.9 Å². The standard InChI is InChI=1S/C14H13ClN2O2/c1-9(2)19-12-5-10(6-16-8-12)14(18)13-4-3-11(15)7-17-13/h3-9H,1-2H3. The number of hydrogen-bond donors (Lipinski definition) is 0. The fourth-order valence-electron chi connectivity index (χ4n) is 1.54. The first-order valence-electron chi connectivity index (χ1n) is 5.84. The van der Waals surface area contributed by atoms with Gasteiger partial charge in [0.25, 0.3) is 0 Å². The number of ether oxygens (including phenoxy) is 1. The van der Waals surface area contributed by atoms with E-state index in [2.05, 4.69) is 9.97 Å². The quantitative estimate of drug-likeness (QED) is 0.805. The Labute approximate surface area is 116 Å². The smallest absolute Gasteiger partial charge is 0.213 e. The normalized spacial score (nSPS) is 10.5. The van der Waals surface area contributed by atoms with Gasteiger partial charge in [-0.3, -0.25) is 14.8 Å². The van der Waals surface area contributed by atoms with E-state index in [1.54, 1.807) is 24.4 Å². The molecule has 98 valence electrons. The van der Waals surface area contributed by atoms with Gasteiger partial charge in [0.1, 0.15) is 11.4 Å². The molecule has 0 atom stereocenters. The Balaban J connectivity index is 2.26. The number of rotatable bonds is 4. The molecule has 0 aliphatic rings. The number of ketones is 1. The van der Waals surface area contributed by atoms with Crippen molar-refractivity contribution in [3.05, 3.63) is 53.1 Å². The Morgan fingerprint density at radius 1 is 1.26 bits per heavy atom. The molecule has 0 aliphatic carbocycles. The molecule has 0 saturated heterocycles.